The summed E-state index contributed by atoms with van der Waals surface area (Å²) >= 11 is 0. The van der Waals surface area contributed by atoms with Crippen molar-refractivity contribution in [2.75, 3.05) is 14.2 Å². The SMILES string of the molecule is C=CCC(N)(CC=C)c1c(OC)cccc1OC. The summed E-state index contributed by atoms with van der Waals surface area (Å²) in [5.41, 5.74) is 6.74. The van der Waals surface area contributed by atoms with Gasteiger partial charge >= 0.3 is 0 Å². The van der Waals surface area contributed by atoms with Gasteiger partial charge in [-0.2, -0.15) is 0 Å². The summed E-state index contributed by atoms with van der Waals surface area (Å²) < 4.78 is 10.8. The minimum absolute atomic E-state index is 0.610. The summed E-state index contributed by atoms with van der Waals surface area (Å²) in [6.45, 7) is 7.54. The second-order valence-corrected chi connectivity index (χ2v) is 4.18. The number of hydrogen-bond acceptors (Lipinski definition) is 3. The average Bonchev–Trinajstić information content (AvgIpc) is 2.38. The van der Waals surface area contributed by atoms with Crippen LogP contribution in [-0.2, 0) is 5.54 Å². The molecular weight excluding hydrogens is 226 g/mol. The zero-order valence-electron chi connectivity index (χ0n) is 11.1. The zero-order chi connectivity index (χ0) is 13.6. The Morgan fingerprint density at radius 2 is 1.56 bits per heavy atom. The molecule has 1 aromatic carbocycles. The highest BCUT2D eigenvalue weighted by Crippen LogP contribution is 2.40. The molecule has 0 bridgehead atoms. The standard InChI is InChI=1S/C15H21NO2/c1-5-10-15(16,11-6-2)14-12(17-3)8-7-9-13(14)18-4/h5-9H,1-2,10-11,16H2,3-4H3. The Morgan fingerprint density at radius 1 is 1.11 bits per heavy atom. The van der Waals surface area contributed by atoms with Crippen LogP contribution in [0.3, 0.4) is 0 Å². The van der Waals surface area contributed by atoms with Crippen LogP contribution in [0.2, 0.25) is 0 Å². The Kier molecular flexibility index (Phi) is 4.98. The molecule has 0 unspecified atom stereocenters. The number of ether oxygens (including phenoxy) is 2. The molecule has 0 aliphatic rings. The Hall–Kier alpha value is -1.74. The Bertz CT molecular complexity index is 394. The van der Waals surface area contributed by atoms with Crippen LogP contribution in [0.1, 0.15) is 18.4 Å². The molecule has 1 aromatic rings. The molecule has 0 radical (unpaired) electrons. The van der Waals surface area contributed by atoms with Gasteiger partial charge in [-0.05, 0) is 25.0 Å². The fourth-order valence-electron chi connectivity index (χ4n) is 2.14. The molecule has 0 aromatic heterocycles. The van der Waals surface area contributed by atoms with E-state index in [-0.39, 0.29) is 0 Å². The number of benzene rings is 1. The van der Waals surface area contributed by atoms with Crippen molar-refractivity contribution >= 4 is 0 Å². The molecule has 98 valence electrons. The van der Waals surface area contributed by atoms with Crippen molar-refractivity contribution < 1.29 is 9.47 Å². The van der Waals surface area contributed by atoms with Crippen LogP contribution < -0.4 is 15.2 Å². The topological polar surface area (TPSA) is 44.5 Å². The van der Waals surface area contributed by atoms with E-state index in [1.165, 1.54) is 0 Å². The zero-order valence-corrected chi connectivity index (χ0v) is 11.1. The van der Waals surface area contributed by atoms with E-state index in [1.807, 2.05) is 18.2 Å². The molecule has 18 heavy (non-hydrogen) atoms. The monoisotopic (exact) mass is 247 g/mol. The highest BCUT2D eigenvalue weighted by atomic mass is 16.5. The third kappa shape index (κ3) is 2.74. The molecule has 0 spiro atoms. The van der Waals surface area contributed by atoms with Gasteiger partial charge in [0.15, 0.2) is 0 Å². The maximum Gasteiger partial charge on any atom is 0.127 e. The fraction of sp³-hybridized carbons (Fsp3) is 0.333. The van der Waals surface area contributed by atoms with Crippen LogP contribution in [0, 0.1) is 0 Å². The molecule has 0 atom stereocenters. The number of hydrogen-bond donors (Lipinski definition) is 1. The minimum atomic E-state index is -0.610. The summed E-state index contributed by atoms with van der Waals surface area (Å²) in [7, 11) is 3.25. The molecule has 3 heteroatoms. The van der Waals surface area contributed by atoms with Gasteiger partial charge in [0.25, 0.3) is 0 Å². The van der Waals surface area contributed by atoms with Crippen LogP contribution in [-0.4, -0.2) is 14.2 Å². The smallest absolute Gasteiger partial charge is 0.127 e. The van der Waals surface area contributed by atoms with Crippen molar-refractivity contribution in [3.63, 3.8) is 0 Å². The lowest BCUT2D eigenvalue weighted by Gasteiger charge is -2.30. The summed E-state index contributed by atoms with van der Waals surface area (Å²) in [5, 5.41) is 0. The van der Waals surface area contributed by atoms with Crippen LogP contribution in [0.15, 0.2) is 43.5 Å². The van der Waals surface area contributed by atoms with Crippen LogP contribution in [0.25, 0.3) is 0 Å². The van der Waals surface area contributed by atoms with Crippen molar-refractivity contribution in [1.29, 1.82) is 0 Å². The van der Waals surface area contributed by atoms with Gasteiger partial charge in [0, 0.05) is 0 Å². The summed E-state index contributed by atoms with van der Waals surface area (Å²) in [6, 6.07) is 5.64. The first-order valence-electron chi connectivity index (χ1n) is 5.85. The lowest BCUT2D eigenvalue weighted by molar-refractivity contribution is 0.347. The van der Waals surface area contributed by atoms with E-state index in [0.29, 0.717) is 12.8 Å². The minimum Gasteiger partial charge on any atom is -0.496 e. The molecule has 0 aliphatic heterocycles. The van der Waals surface area contributed by atoms with Gasteiger partial charge < -0.3 is 15.2 Å². The third-order valence-electron chi connectivity index (χ3n) is 2.94. The molecule has 0 fully saturated rings. The molecule has 0 aliphatic carbocycles. The van der Waals surface area contributed by atoms with Gasteiger partial charge in [0.2, 0.25) is 0 Å². The van der Waals surface area contributed by atoms with Crippen molar-refractivity contribution in [3.8, 4) is 11.5 Å². The highest BCUT2D eigenvalue weighted by molar-refractivity contribution is 5.50. The van der Waals surface area contributed by atoms with E-state index >= 15 is 0 Å². The number of nitrogens with two attached hydrogens (primary N) is 1. The van der Waals surface area contributed by atoms with E-state index < -0.39 is 5.54 Å². The van der Waals surface area contributed by atoms with Crippen molar-refractivity contribution in [1.82, 2.24) is 0 Å². The first-order valence-corrected chi connectivity index (χ1v) is 5.85. The quantitative estimate of drug-likeness (QED) is 0.753. The third-order valence-corrected chi connectivity index (χ3v) is 2.94. The second kappa shape index (κ2) is 6.26. The van der Waals surface area contributed by atoms with Crippen molar-refractivity contribution in [3.05, 3.63) is 49.1 Å². The van der Waals surface area contributed by atoms with Crippen LogP contribution in [0.5, 0.6) is 11.5 Å². The summed E-state index contributed by atoms with van der Waals surface area (Å²) in [4.78, 5) is 0. The van der Waals surface area contributed by atoms with E-state index in [9.17, 15) is 0 Å². The van der Waals surface area contributed by atoms with Gasteiger partial charge in [-0.3, -0.25) is 0 Å². The summed E-state index contributed by atoms with van der Waals surface area (Å²) in [6.07, 6.45) is 4.84. The maximum atomic E-state index is 6.49. The fourth-order valence-corrected chi connectivity index (χ4v) is 2.14. The number of rotatable bonds is 7. The Balaban J connectivity index is 3.41. The predicted octanol–water partition coefficient (Wildman–Crippen LogP) is 3.01. The molecule has 3 nitrogen and oxygen atoms in total. The largest absolute Gasteiger partial charge is 0.496 e. The van der Waals surface area contributed by atoms with Crippen LogP contribution in [0.4, 0.5) is 0 Å². The maximum absolute atomic E-state index is 6.49. The lowest BCUT2D eigenvalue weighted by Crippen LogP contribution is -2.36. The highest BCUT2D eigenvalue weighted by Gasteiger charge is 2.31. The Morgan fingerprint density at radius 3 is 1.89 bits per heavy atom. The molecule has 2 N–H and O–H groups in total. The van der Waals surface area contributed by atoms with E-state index in [2.05, 4.69) is 13.2 Å². The molecule has 0 amide bonds. The molecule has 1 rings (SSSR count). The van der Waals surface area contributed by atoms with Gasteiger partial charge in [-0.25, -0.2) is 0 Å². The Labute approximate surface area is 109 Å². The van der Waals surface area contributed by atoms with E-state index in [1.54, 1.807) is 26.4 Å². The molecule has 0 saturated heterocycles. The summed E-state index contributed by atoms with van der Waals surface area (Å²) in [5.74, 6) is 1.45. The average molecular weight is 247 g/mol. The van der Waals surface area contributed by atoms with E-state index in [4.69, 9.17) is 15.2 Å². The van der Waals surface area contributed by atoms with Crippen molar-refractivity contribution in [2.45, 2.75) is 18.4 Å². The van der Waals surface area contributed by atoms with E-state index in [0.717, 1.165) is 17.1 Å². The van der Waals surface area contributed by atoms with Gasteiger partial charge in [-0.15, -0.1) is 13.2 Å². The number of methoxy groups -OCH3 is 2. The van der Waals surface area contributed by atoms with Gasteiger partial charge in [0.05, 0.1) is 25.3 Å². The molecule has 0 heterocycles. The van der Waals surface area contributed by atoms with Gasteiger partial charge in [-0.1, -0.05) is 18.2 Å². The van der Waals surface area contributed by atoms with Gasteiger partial charge in [0.1, 0.15) is 11.5 Å². The first kappa shape index (κ1) is 14.3. The first-order chi connectivity index (χ1) is 8.62. The lowest BCUT2D eigenvalue weighted by atomic mass is 9.83. The second-order valence-electron chi connectivity index (χ2n) is 4.18. The normalized spacial score (nSPS) is 10.8. The van der Waals surface area contributed by atoms with Crippen molar-refractivity contribution in [2.24, 2.45) is 5.73 Å². The van der Waals surface area contributed by atoms with Crippen LogP contribution >= 0.6 is 0 Å². The molecule has 0 saturated carbocycles. The predicted molar refractivity (Wildman–Crippen MR) is 75.0 cm³/mol. The molecular formula is C15H21NO2.